The fourth-order valence-electron chi connectivity index (χ4n) is 5.64. The largest absolute Gasteiger partial charge is 0.497 e. The summed E-state index contributed by atoms with van der Waals surface area (Å²) < 4.78 is 15.9. The van der Waals surface area contributed by atoms with Crippen molar-refractivity contribution in [1.82, 2.24) is 4.98 Å². The molecule has 1 aliphatic rings. The SMILES string of the molecule is CCOc1ccc(C(=O)COC(=O)c2ccc(N3C(=O)CC(Sc4nc(-c5ccc(OC)cc5)cc(-c5ccc(C)cc5)c4C#N)C3=O)cc2)cc1. The second-order valence-electron chi connectivity index (χ2n) is 11.8. The number of benzene rings is 4. The maximum absolute atomic E-state index is 13.7. The van der Waals surface area contributed by atoms with Gasteiger partial charge in [0.15, 0.2) is 12.4 Å². The van der Waals surface area contributed by atoms with Gasteiger partial charge in [0, 0.05) is 23.1 Å². The summed E-state index contributed by atoms with van der Waals surface area (Å²) in [7, 11) is 1.58. The highest BCUT2D eigenvalue weighted by molar-refractivity contribution is 8.00. The molecule has 0 saturated carbocycles. The molecule has 52 heavy (non-hydrogen) atoms. The number of carbonyl (C=O) groups excluding carboxylic acids is 4. The number of hydrogen-bond donors (Lipinski definition) is 0. The Morgan fingerprint density at radius 2 is 1.52 bits per heavy atom. The van der Waals surface area contributed by atoms with E-state index in [1.165, 1.54) is 24.3 Å². The van der Waals surface area contributed by atoms with Gasteiger partial charge in [-0.15, -0.1) is 0 Å². The molecule has 0 radical (unpaired) electrons. The number of ether oxygens (including phenoxy) is 3. The third-order valence-electron chi connectivity index (χ3n) is 8.39. The van der Waals surface area contributed by atoms with Crippen molar-refractivity contribution in [2.24, 2.45) is 0 Å². The lowest BCUT2D eigenvalue weighted by molar-refractivity contribution is -0.121. The third kappa shape index (κ3) is 7.72. The lowest BCUT2D eigenvalue weighted by Crippen LogP contribution is -2.31. The number of thioether (sulfide) groups is 1. The van der Waals surface area contributed by atoms with Gasteiger partial charge in [0.05, 0.1) is 41.5 Å². The summed E-state index contributed by atoms with van der Waals surface area (Å²) >= 11 is 1.08. The molecule has 4 aromatic carbocycles. The first kappa shape index (κ1) is 35.6. The average molecular weight is 712 g/mol. The average Bonchev–Trinajstić information content (AvgIpc) is 3.45. The molecule has 260 valence electrons. The van der Waals surface area contributed by atoms with E-state index in [0.717, 1.165) is 33.4 Å². The number of rotatable bonds is 12. The first-order valence-corrected chi connectivity index (χ1v) is 17.3. The quantitative estimate of drug-likeness (QED) is 0.0729. The minimum Gasteiger partial charge on any atom is -0.497 e. The van der Waals surface area contributed by atoms with Crippen LogP contribution in [0.4, 0.5) is 5.69 Å². The molecular weight excluding hydrogens is 679 g/mol. The van der Waals surface area contributed by atoms with Gasteiger partial charge in [-0.3, -0.25) is 14.4 Å². The van der Waals surface area contributed by atoms with Crippen molar-refractivity contribution in [1.29, 1.82) is 5.26 Å². The van der Waals surface area contributed by atoms with Crippen molar-refractivity contribution in [3.05, 3.63) is 125 Å². The normalized spacial score (nSPS) is 13.8. The molecule has 2 heterocycles. The van der Waals surface area contributed by atoms with E-state index < -0.39 is 29.6 Å². The predicted molar refractivity (Wildman–Crippen MR) is 197 cm³/mol. The molecule has 0 N–H and O–H groups in total. The second kappa shape index (κ2) is 15.7. The summed E-state index contributed by atoms with van der Waals surface area (Å²) in [6.45, 7) is 3.88. The highest BCUT2D eigenvalue weighted by Gasteiger charge is 2.41. The molecule has 5 aromatic rings. The number of Topliss-reactive ketones (excluding diaryl/α,β-unsaturated/α-hetero) is 1. The van der Waals surface area contributed by atoms with Crippen molar-refractivity contribution in [3.8, 4) is 40.0 Å². The second-order valence-corrected chi connectivity index (χ2v) is 13.0. The fraction of sp³-hybridized carbons (Fsp3) is 0.171. The summed E-state index contributed by atoms with van der Waals surface area (Å²) in [6.07, 6.45) is -0.111. The maximum atomic E-state index is 13.7. The van der Waals surface area contributed by atoms with Crippen molar-refractivity contribution in [3.63, 3.8) is 0 Å². The maximum Gasteiger partial charge on any atom is 0.338 e. The molecule has 1 saturated heterocycles. The number of hydrogen-bond acceptors (Lipinski definition) is 10. The smallest absolute Gasteiger partial charge is 0.338 e. The topological polar surface area (TPSA) is 136 Å². The number of nitrogens with zero attached hydrogens (tertiary/aromatic N) is 3. The Balaban J connectivity index is 1.19. The standard InChI is InChI=1S/C41H33N3O7S/c1-4-50-32-19-13-28(14-20-32)36(45)24-51-41(48)29-9-15-30(16-10-29)44-38(46)22-37(40(44)47)52-39-34(23-42)33(26-7-5-25(2)6-8-26)21-35(43-39)27-11-17-31(49-3)18-12-27/h5-21,37H,4,22,24H2,1-3H3. The summed E-state index contributed by atoms with van der Waals surface area (Å²) in [5.41, 5.74) is 5.02. The van der Waals surface area contributed by atoms with Crippen LogP contribution < -0.4 is 14.4 Å². The van der Waals surface area contributed by atoms with Crippen LogP contribution in [-0.2, 0) is 14.3 Å². The number of amides is 2. The van der Waals surface area contributed by atoms with Crippen LogP contribution in [0.15, 0.2) is 108 Å². The summed E-state index contributed by atoms with van der Waals surface area (Å²) in [5, 5.41) is 9.83. The first-order chi connectivity index (χ1) is 25.2. The van der Waals surface area contributed by atoms with Crippen LogP contribution in [0.3, 0.4) is 0 Å². The summed E-state index contributed by atoms with van der Waals surface area (Å²) in [4.78, 5) is 58.2. The van der Waals surface area contributed by atoms with Gasteiger partial charge in [0.25, 0.3) is 0 Å². The molecule has 6 rings (SSSR count). The molecule has 1 aromatic heterocycles. The number of aromatic nitrogens is 1. The third-order valence-corrected chi connectivity index (χ3v) is 9.56. The van der Waals surface area contributed by atoms with Gasteiger partial charge in [0.1, 0.15) is 22.6 Å². The van der Waals surface area contributed by atoms with E-state index in [1.807, 2.05) is 68.4 Å². The van der Waals surface area contributed by atoms with Gasteiger partial charge in [-0.1, -0.05) is 41.6 Å². The lowest BCUT2D eigenvalue weighted by Gasteiger charge is -2.17. The van der Waals surface area contributed by atoms with Gasteiger partial charge in [-0.25, -0.2) is 14.7 Å². The van der Waals surface area contributed by atoms with Crippen LogP contribution >= 0.6 is 11.8 Å². The minimum absolute atomic E-state index is 0.111. The molecule has 11 heteroatoms. The number of nitriles is 1. The van der Waals surface area contributed by atoms with Crippen LogP contribution in [0, 0.1) is 18.3 Å². The van der Waals surface area contributed by atoms with Gasteiger partial charge in [-0.2, -0.15) is 5.26 Å². The Labute approximate surface area is 305 Å². The molecule has 2 amide bonds. The highest BCUT2D eigenvalue weighted by Crippen LogP contribution is 2.39. The molecule has 1 atom stereocenters. The molecule has 0 bridgehead atoms. The zero-order valence-electron chi connectivity index (χ0n) is 28.6. The van der Waals surface area contributed by atoms with Crippen LogP contribution in [0.1, 0.15) is 45.2 Å². The van der Waals surface area contributed by atoms with E-state index >= 15 is 0 Å². The Morgan fingerprint density at radius 1 is 0.885 bits per heavy atom. The van der Waals surface area contributed by atoms with Crippen molar-refractivity contribution in [2.45, 2.75) is 30.5 Å². The minimum atomic E-state index is -0.845. The van der Waals surface area contributed by atoms with Crippen molar-refractivity contribution in [2.75, 3.05) is 25.2 Å². The van der Waals surface area contributed by atoms with E-state index in [9.17, 15) is 24.4 Å². The number of imide groups is 1. The monoisotopic (exact) mass is 711 g/mol. The van der Waals surface area contributed by atoms with Gasteiger partial charge in [0.2, 0.25) is 11.8 Å². The number of esters is 1. The predicted octanol–water partition coefficient (Wildman–Crippen LogP) is 7.47. The number of pyridine rings is 1. The number of anilines is 1. The highest BCUT2D eigenvalue weighted by atomic mass is 32.2. The summed E-state index contributed by atoms with van der Waals surface area (Å²) in [6, 6.07) is 31.7. The Kier molecular flexibility index (Phi) is 10.8. The zero-order valence-corrected chi connectivity index (χ0v) is 29.4. The van der Waals surface area contributed by atoms with Crippen LogP contribution in [-0.4, -0.2) is 54.1 Å². The molecular formula is C41H33N3O7S. The van der Waals surface area contributed by atoms with Crippen molar-refractivity contribution >= 4 is 41.0 Å². The van der Waals surface area contributed by atoms with E-state index in [-0.39, 0.29) is 23.5 Å². The van der Waals surface area contributed by atoms with Crippen LogP contribution in [0.2, 0.25) is 0 Å². The Morgan fingerprint density at radius 3 is 2.15 bits per heavy atom. The lowest BCUT2D eigenvalue weighted by atomic mass is 9.98. The molecule has 0 aliphatic carbocycles. The molecule has 1 fully saturated rings. The molecule has 10 nitrogen and oxygen atoms in total. The van der Waals surface area contributed by atoms with Crippen LogP contribution in [0.5, 0.6) is 11.5 Å². The van der Waals surface area contributed by atoms with Crippen molar-refractivity contribution < 1.29 is 33.4 Å². The van der Waals surface area contributed by atoms with E-state index in [1.54, 1.807) is 31.4 Å². The van der Waals surface area contributed by atoms with E-state index in [4.69, 9.17) is 19.2 Å². The Bertz CT molecular complexity index is 2180. The fourth-order valence-corrected chi connectivity index (χ4v) is 6.76. The molecule has 1 aliphatic heterocycles. The number of methoxy groups -OCH3 is 1. The number of aryl methyl sites for hydroxylation is 1. The number of carbonyl (C=O) groups is 4. The first-order valence-electron chi connectivity index (χ1n) is 16.4. The Hall–Kier alpha value is -6.25. The zero-order chi connectivity index (χ0) is 36.8. The van der Waals surface area contributed by atoms with Gasteiger partial charge >= 0.3 is 5.97 Å². The molecule has 0 spiro atoms. The van der Waals surface area contributed by atoms with Crippen LogP contribution in [0.25, 0.3) is 22.4 Å². The van der Waals surface area contributed by atoms with E-state index in [2.05, 4.69) is 6.07 Å². The molecule has 1 unspecified atom stereocenters. The van der Waals surface area contributed by atoms with Gasteiger partial charge in [-0.05, 0) is 98.3 Å². The number of ketones is 1. The van der Waals surface area contributed by atoms with E-state index in [0.29, 0.717) is 45.5 Å². The van der Waals surface area contributed by atoms with Gasteiger partial charge < -0.3 is 14.2 Å². The summed E-state index contributed by atoms with van der Waals surface area (Å²) in [5.74, 6) is -0.688.